The van der Waals surface area contributed by atoms with Crippen LogP contribution in [0.15, 0.2) is 29.3 Å². The topological polar surface area (TPSA) is 74.9 Å². The SMILES string of the molecule is Cc1nn(C)c(/C(OC(C)OC(=O)OC(C)C)=C(/c2ccc(C(C)(C)C)cc2)C2C=N2)c1Cl. The van der Waals surface area contributed by atoms with Gasteiger partial charge in [0.15, 0.2) is 5.76 Å². The van der Waals surface area contributed by atoms with Crippen molar-refractivity contribution in [3.8, 4) is 0 Å². The zero-order valence-electron chi connectivity index (χ0n) is 20.5. The van der Waals surface area contributed by atoms with Gasteiger partial charge in [0.05, 0.1) is 16.8 Å². The Labute approximate surface area is 200 Å². The van der Waals surface area contributed by atoms with Crippen molar-refractivity contribution >= 4 is 35.3 Å². The molecule has 0 spiro atoms. The van der Waals surface area contributed by atoms with Gasteiger partial charge in [-0.05, 0) is 37.3 Å². The predicted octanol–water partition coefficient (Wildman–Crippen LogP) is 5.92. The van der Waals surface area contributed by atoms with Crippen molar-refractivity contribution in [1.29, 1.82) is 0 Å². The Bertz CT molecular complexity index is 1070. The quantitative estimate of drug-likeness (QED) is 0.283. The van der Waals surface area contributed by atoms with Gasteiger partial charge < -0.3 is 14.2 Å². The summed E-state index contributed by atoms with van der Waals surface area (Å²) < 4.78 is 18.3. The van der Waals surface area contributed by atoms with E-state index in [1.807, 2.05) is 13.1 Å². The highest BCUT2D eigenvalue weighted by atomic mass is 35.5. The number of aliphatic imine (C=N–C) groups is 1. The molecule has 178 valence electrons. The maximum absolute atomic E-state index is 12.0. The Morgan fingerprint density at radius 2 is 1.70 bits per heavy atom. The number of carbonyl (C=O) groups is 1. The van der Waals surface area contributed by atoms with Crippen LogP contribution in [0, 0.1) is 6.92 Å². The minimum atomic E-state index is -0.930. The average Bonchev–Trinajstić information content (AvgIpc) is 3.47. The number of carbonyl (C=O) groups excluding carboxylic acids is 1. The minimum Gasteiger partial charge on any atom is -0.452 e. The number of rotatable bonds is 7. The molecule has 0 amide bonds. The van der Waals surface area contributed by atoms with Crippen molar-refractivity contribution in [2.45, 2.75) is 72.3 Å². The van der Waals surface area contributed by atoms with Crippen molar-refractivity contribution in [1.82, 2.24) is 9.78 Å². The second kappa shape index (κ2) is 9.59. The van der Waals surface area contributed by atoms with E-state index in [4.69, 9.17) is 25.8 Å². The van der Waals surface area contributed by atoms with Crippen LogP contribution in [0.5, 0.6) is 0 Å². The smallest absolute Gasteiger partial charge is 0.452 e. The standard InChI is InChI=1S/C25H32ClN3O4/c1-14(2)31-24(30)33-16(4)32-23(22-21(26)15(3)28-29(22)8)20(19-13-27-19)17-9-11-18(12-10-17)25(5,6)7/h9-14,16,19H,1-8H3/b23-20+. The molecular formula is C25H32ClN3O4. The Morgan fingerprint density at radius 3 is 2.15 bits per heavy atom. The van der Waals surface area contributed by atoms with Gasteiger partial charge in [0.1, 0.15) is 11.7 Å². The highest BCUT2D eigenvalue weighted by molar-refractivity contribution is 6.33. The van der Waals surface area contributed by atoms with E-state index in [9.17, 15) is 4.79 Å². The van der Waals surface area contributed by atoms with Crippen LogP contribution < -0.4 is 0 Å². The lowest BCUT2D eigenvalue weighted by Gasteiger charge is -2.22. The van der Waals surface area contributed by atoms with Gasteiger partial charge in [-0.3, -0.25) is 9.67 Å². The van der Waals surface area contributed by atoms with E-state index in [0.717, 1.165) is 11.1 Å². The number of hydrogen-bond donors (Lipinski definition) is 0. The van der Waals surface area contributed by atoms with Crippen LogP contribution in [-0.4, -0.2) is 40.6 Å². The first kappa shape index (κ1) is 24.8. The molecule has 0 bridgehead atoms. The summed E-state index contributed by atoms with van der Waals surface area (Å²) in [6, 6.07) is 8.14. The predicted molar refractivity (Wildman–Crippen MR) is 130 cm³/mol. The number of aryl methyl sites for hydroxylation is 2. The largest absolute Gasteiger partial charge is 0.511 e. The van der Waals surface area contributed by atoms with Gasteiger partial charge in [-0.25, -0.2) is 4.79 Å². The molecule has 2 heterocycles. The van der Waals surface area contributed by atoms with E-state index in [1.54, 1.807) is 32.5 Å². The number of hydrogen-bond acceptors (Lipinski definition) is 6. The molecule has 1 aliphatic rings. The zero-order chi connectivity index (χ0) is 24.5. The lowest BCUT2D eigenvalue weighted by atomic mass is 9.86. The number of benzene rings is 1. The van der Waals surface area contributed by atoms with Gasteiger partial charge in [-0.1, -0.05) is 56.6 Å². The summed E-state index contributed by atoms with van der Waals surface area (Å²) in [5.41, 5.74) is 4.27. The molecule has 0 N–H and O–H groups in total. The molecule has 2 unspecified atom stereocenters. The summed E-state index contributed by atoms with van der Waals surface area (Å²) in [7, 11) is 1.80. The summed E-state index contributed by atoms with van der Waals surface area (Å²) in [5.74, 6) is 0.457. The van der Waals surface area contributed by atoms with Crippen molar-refractivity contribution in [3.63, 3.8) is 0 Å². The third-order valence-electron chi connectivity index (χ3n) is 5.14. The first-order chi connectivity index (χ1) is 15.4. The molecule has 7 nitrogen and oxygen atoms in total. The van der Waals surface area contributed by atoms with Gasteiger partial charge in [-0.2, -0.15) is 5.10 Å². The van der Waals surface area contributed by atoms with Crippen LogP contribution in [0.1, 0.15) is 64.1 Å². The molecule has 0 radical (unpaired) electrons. The molecule has 0 saturated carbocycles. The molecule has 3 rings (SSSR count). The van der Waals surface area contributed by atoms with Gasteiger partial charge in [-0.15, -0.1) is 0 Å². The number of nitrogens with zero attached hydrogens (tertiary/aromatic N) is 3. The summed E-state index contributed by atoms with van der Waals surface area (Å²) in [4.78, 5) is 16.4. The monoisotopic (exact) mass is 473 g/mol. The Morgan fingerprint density at radius 1 is 1.09 bits per heavy atom. The molecule has 2 aromatic rings. The molecular weight excluding hydrogens is 442 g/mol. The normalized spacial score (nSPS) is 17.0. The van der Waals surface area contributed by atoms with E-state index < -0.39 is 12.4 Å². The van der Waals surface area contributed by atoms with Gasteiger partial charge >= 0.3 is 6.16 Å². The number of ether oxygens (including phenoxy) is 3. The zero-order valence-corrected chi connectivity index (χ0v) is 21.2. The van der Waals surface area contributed by atoms with Crippen molar-refractivity contribution in [2.24, 2.45) is 12.0 Å². The molecule has 2 atom stereocenters. The highest BCUT2D eigenvalue weighted by Gasteiger charge is 2.31. The molecule has 33 heavy (non-hydrogen) atoms. The average molecular weight is 474 g/mol. The lowest BCUT2D eigenvalue weighted by molar-refractivity contribution is -0.0735. The van der Waals surface area contributed by atoms with Crippen LogP contribution in [0.25, 0.3) is 11.3 Å². The van der Waals surface area contributed by atoms with E-state index in [-0.39, 0.29) is 17.6 Å². The second-order valence-electron chi connectivity index (χ2n) is 9.40. The third-order valence-corrected chi connectivity index (χ3v) is 5.60. The second-order valence-corrected chi connectivity index (χ2v) is 9.78. The number of aromatic nitrogens is 2. The molecule has 1 aromatic carbocycles. The summed E-state index contributed by atoms with van der Waals surface area (Å²) >= 11 is 6.64. The Hall–Kier alpha value is -2.80. The molecule has 0 saturated heterocycles. The first-order valence-electron chi connectivity index (χ1n) is 11.0. The molecule has 0 fully saturated rings. The summed E-state index contributed by atoms with van der Waals surface area (Å²) in [6.07, 6.45) is -0.194. The maximum atomic E-state index is 12.0. The molecule has 1 aliphatic heterocycles. The fraction of sp³-hybridized carbons (Fsp3) is 0.480. The summed E-state index contributed by atoms with van der Waals surface area (Å²) in [5, 5.41) is 4.91. The summed E-state index contributed by atoms with van der Waals surface area (Å²) in [6.45, 7) is 13.5. The van der Waals surface area contributed by atoms with Gasteiger partial charge in [0.25, 0.3) is 0 Å². The van der Waals surface area contributed by atoms with Crippen molar-refractivity contribution in [2.75, 3.05) is 0 Å². The van der Waals surface area contributed by atoms with E-state index in [2.05, 4.69) is 55.1 Å². The lowest BCUT2D eigenvalue weighted by Crippen LogP contribution is -2.22. The molecule has 8 heteroatoms. The minimum absolute atomic E-state index is 0.0272. The Balaban J connectivity index is 2.08. The molecule has 1 aromatic heterocycles. The van der Waals surface area contributed by atoms with Crippen LogP contribution in [0.4, 0.5) is 4.79 Å². The van der Waals surface area contributed by atoms with Crippen LogP contribution >= 0.6 is 11.6 Å². The highest BCUT2D eigenvalue weighted by Crippen LogP contribution is 2.39. The Kier molecular flexibility index (Phi) is 7.22. The van der Waals surface area contributed by atoms with Crippen LogP contribution in [0.3, 0.4) is 0 Å². The van der Waals surface area contributed by atoms with E-state index in [1.165, 1.54) is 5.56 Å². The maximum Gasteiger partial charge on any atom is 0.511 e. The van der Waals surface area contributed by atoms with Crippen LogP contribution in [0.2, 0.25) is 5.02 Å². The van der Waals surface area contributed by atoms with Crippen molar-refractivity contribution < 1.29 is 19.0 Å². The number of halogens is 1. The first-order valence-corrected chi connectivity index (χ1v) is 11.4. The van der Waals surface area contributed by atoms with E-state index in [0.29, 0.717) is 22.2 Å². The van der Waals surface area contributed by atoms with E-state index >= 15 is 0 Å². The fourth-order valence-corrected chi connectivity index (χ4v) is 3.70. The van der Waals surface area contributed by atoms with Gasteiger partial charge in [0.2, 0.25) is 6.29 Å². The van der Waals surface area contributed by atoms with Gasteiger partial charge in [0, 0.05) is 25.8 Å². The molecule has 0 aliphatic carbocycles. The van der Waals surface area contributed by atoms with Crippen molar-refractivity contribution in [3.05, 3.63) is 51.8 Å². The fourth-order valence-electron chi connectivity index (χ4n) is 3.45. The van der Waals surface area contributed by atoms with Crippen LogP contribution in [-0.2, 0) is 26.7 Å². The third kappa shape index (κ3) is 5.96.